The molecule has 2 amide bonds. The van der Waals surface area contributed by atoms with Crippen LogP contribution in [0, 0.1) is 12.7 Å². The van der Waals surface area contributed by atoms with Crippen LogP contribution >= 0.6 is 11.6 Å². The van der Waals surface area contributed by atoms with Crippen molar-refractivity contribution in [1.82, 2.24) is 4.90 Å². The molecule has 0 saturated heterocycles. The van der Waals surface area contributed by atoms with E-state index in [0.717, 1.165) is 11.1 Å². The van der Waals surface area contributed by atoms with E-state index in [2.05, 4.69) is 5.32 Å². The molecule has 1 N–H and O–H groups in total. The minimum atomic E-state index is -0.556. The Bertz CT molecular complexity index is 747. The predicted octanol–water partition coefficient (Wildman–Crippen LogP) is 3.77. The van der Waals surface area contributed by atoms with E-state index >= 15 is 0 Å². The number of carbonyl (C=O) groups excluding carboxylic acids is 2. The Morgan fingerprint density at radius 1 is 1.17 bits per heavy atom. The fourth-order valence-corrected chi connectivity index (χ4v) is 2.32. The third-order valence-electron chi connectivity index (χ3n) is 3.48. The lowest BCUT2D eigenvalue weighted by Crippen LogP contribution is -2.36. The summed E-state index contributed by atoms with van der Waals surface area (Å²) in [5, 5.41) is 2.53. The van der Waals surface area contributed by atoms with Crippen LogP contribution in [0.3, 0.4) is 0 Å². The molecule has 0 aliphatic heterocycles. The van der Waals surface area contributed by atoms with Crippen LogP contribution in [0.15, 0.2) is 42.5 Å². The number of halogens is 2. The van der Waals surface area contributed by atoms with Crippen molar-refractivity contribution in [2.45, 2.75) is 20.4 Å². The summed E-state index contributed by atoms with van der Waals surface area (Å²) in [7, 11) is 0. The van der Waals surface area contributed by atoms with Crippen molar-refractivity contribution in [2.24, 2.45) is 0 Å². The Labute approximate surface area is 145 Å². The van der Waals surface area contributed by atoms with Gasteiger partial charge in [-0.15, -0.1) is 0 Å². The molecule has 2 rings (SSSR count). The van der Waals surface area contributed by atoms with Gasteiger partial charge in [-0.2, -0.15) is 0 Å². The number of amides is 2. The third kappa shape index (κ3) is 5.06. The normalized spacial score (nSPS) is 10.3. The summed E-state index contributed by atoms with van der Waals surface area (Å²) in [6, 6.07) is 11.7. The molecular weight excluding hydrogens is 331 g/mol. The smallest absolute Gasteiger partial charge is 0.244 e. The first kappa shape index (κ1) is 17.9. The summed E-state index contributed by atoms with van der Waals surface area (Å²) in [5.41, 5.74) is 2.44. The van der Waals surface area contributed by atoms with Crippen LogP contribution in [0.5, 0.6) is 0 Å². The van der Waals surface area contributed by atoms with E-state index in [9.17, 15) is 14.0 Å². The highest BCUT2D eigenvalue weighted by molar-refractivity contribution is 6.31. The molecule has 2 aromatic carbocycles. The highest BCUT2D eigenvalue weighted by atomic mass is 35.5. The second kappa shape index (κ2) is 7.93. The number of nitrogens with one attached hydrogen (secondary N) is 1. The van der Waals surface area contributed by atoms with Gasteiger partial charge in [0.05, 0.1) is 5.02 Å². The van der Waals surface area contributed by atoms with Gasteiger partial charge in [0.2, 0.25) is 11.8 Å². The van der Waals surface area contributed by atoms with Gasteiger partial charge >= 0.3 is 0 Å². The fraction of sp³-hybridized carbons (Fsp3) is 0.222. The minimum Gasteiger partial charge on any atom is -0.329 e. The van der Waals surface area contributed by atoms with Crippen molar-refractivity contribution >= 4 is 29.1 Å². The molecule has 0 fully saturated rings. The van der Waals surface area contributed by atoms with E-state index in [1.807, 2.05) is 31.2 Å². The predicted molar refractivity (Wildman–Crippen MR) is 92.3 cm³/mol. The molecule has 0 unspecified atom stereocenters. The van der Waals surface area contributed by atoms with Gasteiger partial charge in [0, 0.05) is 19.2 Å². The molecule has 24 heavy (non-hydrogen) atoms. The summed E-state index contributed by atoms with van der Waals surface area (Å²) in [5.74, 6) is -1.14. The first-order valence-corrected chi connectivity index (χ1v) is 7.79. The number of anilines is 1. The maximum absolute atomic E-state index is 13.1. The third-order valence-corrected chi connectivity index (χ3v) is 3.77. The lowest BCUT2D eigenvalue weighted by molar-refractivity contribution is -0.133. The van der Waals surface area contributed by atoms with Gasteiger partial charge in [0.15, 0.2) is 0 Å². The van der Waals surface area contributed by atoms with E-state index in [4.69, 9.17) is 11.6 Å². The standard InChI is InChI=1S/C18H18ClFN2O2/c1-12-3-5-14(6-4-12)10-22(13(2)23)11-18(24)21-15-7-8-17(20)16(19)9-15/h3-9H,10-11H2,1-2H3,(H,21,24). The van der Waals surface area contributed by atoms with Gasteiger partial charge in [0.25, 0.3) is 0 Å². The van der Waals surface area contributed by atoms with Crippen molar-refractivity contribution in [3.05, 3.63) is 64.4 Å². The zero-order valence-electron chi connectivity index (χ0n) is 13.5. The molecular formula is C18H18ClFN2O2. The van der Waals surface area contributed by atoms with Crippen molar-refractivity contribution in [1.29, 1.82) is 0 Å². The second-order valence-electron chi connectivity index (χ2n) is 5.54. The fourth-order valence-electron chi connectivity index (χ4n) is 2.14. The number of rotatable bonds is 5. The number of hydrogen-bond donors (Lipinski definition) is 1. The van der Waals surface area contributed by atoms with Gasteiger partial charge in [-0.1, -0.05) is 41.4 Å². The average molecular weight is 349 g/mol. The van der Waals surface area contributed by atoms with E-state index in [0.29, 0.717) is 12.2 Å². The van der Waals surface area contributed by atoms with Gasteiger partial charge in [-0.25, -0.2) is 4.39 Å². The van der Waals surface area contributed by atoms with Crippen molar-refractivity contribution in [3.63, 3.8) is 0 Å². The average Bonchev–Trinajstić information content (AvgIpc) is 2.52. The van der Waals surface area contributed by atoms with Crippen LogP contribution in [0.25, 0.3) is 0 Å². The Balaban J connectivity index is 2.01. The van der Waals surface area contributed by atoms with Crippen molar-refractivity contribution in [3.8, 4) is 0 Å². The monoisotopic (exact) mass is 348 g/mol. The molecule has 0 aliphatic carbocycles. The molecule has 0 aliphatic rings. The molecule has 0 heterocycles. The lowest BCUT2D eigenvalue weighted by Gasteiger charge is -2.21. The number of benzene rings is 2. The first-order valence-electron chi connectivity index (χ1n) is 7.41. The van der Waals surface area contributed by atoms with Gasteiger partial charge < -0.3 is 10.2 Å². The SMILES string of the molecule is CC(=O)N(CC(=O)Nc1ccc(F)c(Cl)c1)Cc1ccc(C)cc1. The zero-order valence-corrected chi connectivity index (χ0v) is 14.2. The maximum Gasteiger partial charge on any atom is 0.244 e. The molecule has 4 nitrogen and oxygen atoms in total. The zero-order chi connectivity index (χ0) is 17.7. The highest BCUT2D eigenvalue weighted by Gasteiger charge is 2.14. The molecule has 2 aromatic rings. The van der Waals surface area contributed by atoms with Gasteiger partial charge in [-0.3, -0.25) is 9.59 Å². The molecule has 0 aromatic heterocycles. The Kier molecular flexibility index (Phi) is 5.93. The molecule has 0 bridgehead atoms. The van der Waals surface area contributed by atoms with E-state index in [-0.39, 0.29) is 23.4 Å². The molecule has 0 atom stereocenters. The van der Waals surface area contributed by atoms with Crippen LogP contribution in [0.4, 0.5) is 10.1 Å². The van der Waals surface area contributed by atoms with Gasteiger partial charge in [-0.05, 0) is 30.7 Å². The van der Waals surface area contributed by atoms with E-state index < -0.39 is 5.82 Å². The maximum atomic E-state index is 13.1. The topological polar surface area (TPSA) is 49.4 Å². The molecule has 0 radical (unpaired) electrons. The van der Waals surface area contributed by atoms with Crippen LogP contribution in [-0.2, 0) is 16.1 Å². The van der Waals surface area contributed by atoms with E-state index in [1.165, 1.54) is 30.0 Å². The summed E-state index contributed by atoms with van der Waals surface area (Å²) in [4.78, 5) is 25.3. The second-order valence-corrected chi connectivity index (χ2v) is 5.94. The number of aryl methyl sites for hydroxylation is 1. The molecule has 0 spiro atoms. The number of hydrogen-bond acceptors (Lipinski definition) is 2. The van der Waals surface area contributed by atoms with Crippen LogP contribution in [0.2, 0.25) is 5.02 Å². The Morgan fingerprint density at radius 3 is 2.42 bits per heavy atom. The van der Waals surface area contributed by atoms with Gasteiger partial charge in [0.1, 0.15) is 12.4 Å². The Morgan fingerprint density at radius 2 is 1.83 bits per heavy atom. The highest BCUT2D eigenvalue weighted by Crippen LogP contribution is 2.19. The van der Waals surface area contributed by atoms with Crippen molar-refractivity contribution in [2.75, 3.05) is 11.9 Å². The summed E-state index contributed by atoms with van der Waals surface area (Å²) in [6.07, 6.45) is 0. The minimum absolute atomic E-state index is 0.0733. The van der Waals surface area contributed by atoms with Crippen LogP contribution in [-0.4, -0.2) is 23.3 Å². The largest absolute Gasteiger partial charge is 0.329 e. The summed E-state index contributed by atoms with van der Waals surface area (Å²) >= 11 is 5.68. The molecule has 0 saturated carbocycles. The quantitative estimate of drug-likeness (QED) is 0.894. The van der Waals surface area contributed by atoms with Crippen LogP contribution < -0.4 is 5.32 Å². The van der Waals surface area contributed by atoms with Crippen molar-refractivity contribution < 1.29 is 14.0 Å². The Hall–Kier alpha value is -2.40. The lowest BCUT2D eigenvalue weighted by atomic mass is 10.1. The molecule has 126 valence electrons. The summed E-state index contributed by atoms with van der Waals surface area (Å²) in [6.45, 7) is 3.63. The molecule has 6 heteroatoms. The number of nitrogens with zero attached hydrogens (tertiary/aromatic N) is 1. The first-order chi connectivity index (χ1) is 11.3. The number of carbonyl (C=O) groups is 2. The van der Waals surface area contributed by atoms with Crippen LogP contribution in [0.1, 0.15) is 18.1 Å². The van der Waals surface area contributed by atoms with E-state index in [1.54, 1.807) is 0 Å². The summed E-state index contributed by atoms with van der Waals surface area (Å²) < 4.78 is 13.1.